The summed E-state index contributed by atoms with van der Waals surface area (Å²) in [5.74, 6) is 1.52. The zero-order valence-electron chi connectivity index (χ0n) is 18.2. The van der Waals surface area contributed by atoms with Gasteiger partial charge in [-0.3, -0.25) is 4.79 Å². The van der Waals surface area contributed by atoms with Crippen LogP contribution < -0.4 is 5.32 Å². The van der Waals surface area contributed by atoms with E-state index in [1.165, 1.54) is 17.7 Å². The van der Waals surface area contributed by atoms with E-state index in [1.807, 2.05) is 17.0 Å². The number of anilines is 2. The lowest BCUT2D eigenvalue weighted by Gasteiger charge is -2.29. The van der Waals surface area contributed by atoms with Gasteiger partial charge in [0.2, 0.25) is 5.91 Å². The van der Waals surface area contributed by atoms with Crippen molar-refractivity contribution in [1.29, 1.82) is 0 Å². The molecule has 5 rings (SSSR count). The monoisotopic (exact) mass is 434 g/mol. The van der Waals surface area contributed by atoms with Crippen molar-refractivity contribution in [3.63, 3.8) is 0 Å². The first-order valence-corrected chi connectivity index (χ1v) is 11.2. The molecule has 32 heavy (non-hydrogen) atoms. The summed E-state index contributed by atoms with van der Waals surface area (Å²) in [5.41, 5.74) is 3.73. The minimum atomic E-state index is -0.281. The number of nitrogens with one attached hydrogen (secondary N) is 1. The highest BCUT2D eigenvalue weighted by Crippen LogP contribution is 2.33. The number of aromatic nitrogens is 2. The summed E-state index contributed by atoms with van der Waals surface area (Å²) >= 11 is 0. The number of benzene rings is 2. The highest BCUT2D eigenvalue weighted by atomic mass is 19.1. The second-order valence-electron chi connectivity index (χ2n) is 8.53. The van der Waals surface area contributed by atoms with Crippen LogP contribution in [0.3, 0.4) is 0 Å². The molecule has 1 atom stereocenters. The summed E-state index contributed by atoms with van der Waals surface area (Å²) in [6, 6.07) is 14.5. The van der Waals surface area contributed by atoms with Crippen LogP contribution >= 0.6 is 0 Å². The molecule has 0 bridgehead atoms. The van der Waals surface area contributed by atoms with Crippen molar-refractivity contribution in [2.45, 2.75) is 45.4 Å². The van der Waals surface area contributed by atoms with Gasteiger partial charge in [-0.2, -0.15) is 0 Å². The van der Waals surface area contributed by atoms with Gasteiger partial charge in [-0.25, -0.2) is 9.37 Å². The van der Waals surface area contributed by atoms with Gasteiger partial charge in [0.1, 0.15) is 23.2 Å². The number of rotatable bonds is 5. The number of ether oxygens (including phenoxy) is 1. The Morgan fingerprint density at radius 1 is 1.16 bits per heavy atom. The molecule has 1 unspecified atom stereocenters. The number of halogens is 1. The average Bonchev–Trinajstić information content (AvgIpc) is 3.43. The summed E-state index contributed by atoms with van der Waals surface area (Å²) < 4.78 is 21.3. The lowest BCUT2D eigenvalue weighted by atomic mass is 10.1. The fourth-order valence-electron chi connectivity index (χ4n) is 4.38. The van der Waals surface area contributed by atoms with E-state index in [-0.39, 0.29) is 17.8 Å². The smallest absolute Gasteiger partial charge is 0.225 e. The van der Waals surface area contributed by atoms with E-state index >= 15 is 0 Å². The molecule has 2 aromatic carbocycles. The summed E-state index contributed by atoms with van der Waals surface area (Å²) in [7, 11) is 0. The van der Waals surface area contributed by atoms with Crippen molar-refractivity contribution < 1.29 is 13.9 Å². The number of imidazole rings is 1. The summed E-state index contributed by atoms with van der Waals surface area (Å²) in [6.45, 7) is 4.53. The van der Waals surface area contributed by atoms with Crippen molar-refractivity contribution in [2.24, 2.45) is 0 Å². The summed E-state index contributed by atoms with van der Waals surface area (Å²) in [5, 5.41) is 3.51. The molecule has 1 fully saturated rings. The van der Waals surface area contributed by atoms with E-state index in [0.717, 1.165) is 48.0 Å². The minimum absolute atomic E-state index is 0.0395. The molecule has 1 N–H and O–H groups in total. The quantitative estimate of drug-likeness (QED) is 0.635. The van der Waals surface area contributed by atoms with Crippen molar-refractivity contribution in [3.05, 3.63) is 65.7 Å². The Kier molecular flexibility index (Phi) is 5.66. The molecule has 2 aliphatic heterocycles. The average molecular weight is 435 g/mol. The summed E-state index contributed by atoms with van der Waals surface area (Å²) in [4.78, 5) is 19.6. The number of aryl methyl sites for hydroxylation is 1. The Bertz CT molecular complexity index is 1100. The fraction of sp³-hybridized carbons (Fsp3) is 0.360. The van der Waals surface area contributed by atoms with Crippen LogP contribution in [0.4, 0.5) is 15.9 Å². The van der Waals surface area contributed by atoms with Gasteiger partial charge in [-0.15, -0.1) is 0 Å². The molecule has 1 saturated heterocycles. The van der Waals surface area contributed by atoms with E-state index in [4.69, 9.17) is 9.72 Å². The third-order valence-electron chi connectivity index (χ3n) is 6.18. The molecule has 0 radical (unpaired) electrons. The molecule has 166 valence electrons. The van der Waals surface area contributed by atoms with Gasteiger partial charge in [0.05, 0.1) is 19.1 Å². The second-order valence-corrected chi connectivity index (χ2v) is 8.53. The van der Waals surface area contributed by atoms with Crippen LogP contribution in [0.5, 0.6) is 0 Å². The van der Waals surface area contributed by atoms with Crippen molar-refractivity contribution in [1.82, 2.24) is 14.5 Å². The highest BCUT2D eigenvalue weighted by molar-refractivity contribution is 5.78. The molecule has 3 aromatic rings. The third-order valence-corrected chi connectivity index (χ3v) is 6.18. The van der Waals surface area contributed by atoms with Crippen molar-refractivity contribution in [2.75, 3.05) is 18.5 Å². The van der Waals surface area contributed by atoms with Crippen LogP contribution in [0.2, 0.25) is 0 Å². The van der Waals surface area contributed by atoms with Gasteiger partial charge in [-0.1, -0.05) is 17.7 Å². The predicted octanol–water partition coefficient (Wildman–Crippen LogP) is 4.65. The van der Waals surface area contributed by atoms with E-state index < -0.39 is 0 Å². The normalized spacial score (nSPS) is 17.9. The Balaban J connectivity index is 1.44. The first kappa shape index (κ1) is 20.7. The minimum Gasteiger partial charge on any atom is -0.378 e. The zero-order chi connectivity index (χ0) is 22.1. The van der Waals surface area contributed by atoms with Crippen LogP contribution in [-0.4, -0.2) is 39.6 Å². The second kappa shape index (κ2) is 8.74. The van der Waals surface area contributed by atoms with Gasteiger partial charge >= 0.3 is 0 Å². The van der Waals surface area contributed by atoms with Crippen LogP contribution in [0, 0.1) is 12.7 Å². The molecule has 7 heteroatoms. The van der Waals surface area contributed by atoms with Crippen LogP contribution in [0.1, 0.15) is 30.7 Å². The number of amides is 1. The van der Waals surface area contributed by atoms with Crippen molar-refractivity contribution >= 4 is 17.4 Å². The molecule has 2 aliphatic rings. The maximum Gasteiger partial charge on any atom is 0.225 e. The third kappa shape index (κ3) is 4.25. The zero-order valence-corrected chi connectivity index (χ0v) is 18.2. The molecule has 1 amide bonds. The van der Waals surface area contributed by atoms with Gasteiger partial charge in [0.15, 0.2) is 0 Å². The number of carbonyl (C=O) groups is 1. The first-order valence-electron chi connectivity index (χ1n) is 11.2. The Morgan fingerprint density at radius 3 is 2.66 bits per heavy atom. The number of carbonyl (C=O) groups excluding carboxylic acids is 1. The number of hydrogen-bond donors (Lipinski definition) is 1. The first-order chi connectivity index (χ1) is 15.6. The highest BCUT2D eigenvalue weighted by Gasteiger charge is 2.29. The molecule has 0 saturated carbocycles. The molecule has 3 heterocycles. The molecular weight excluding hydrogens is 407 g/mol. The standard InChI is InChI=1S/C25H27FN4O2/c1-17-4-10-20(11-5-17)27-25-24(18-6-8-19(26)9-7-18)28-22-16-29(12-13-30(22)25)23(31)15-21-3-2-14-32-21/h4-11,21,27H,2-3,12-16H2,1H3. The number of nitrogens with zero attached hydrogens (tertiary/aromatic N) is 3. The predicted molar refractivity (Wildman–Crippen MR) is 121 cm³/mol. The van der Waals surface area contributed by atoms with Crippen LogP contribution in [0.25, 0.3) is 11.3 Å². The van der Waals surface area contributed by atoms with Gasteiger partial charge in [0.25, 0.3) is 0 Å². The van der Waals surface area contributed by atoms with Gasteiger partial charge in [0, 0.05) is 30.9 Å². The van der Waals surface area contributed by atoms with Crippen molar-refractivity contribution in [3.8, 4) is 11.3 Å². The Morgan fingerprint density at radius 2 is 1.94 bits per heavy atom. The van der Waals surface area contributed by atoms with Crippen LogP contribution in [0.15, 0.2) is 48.5 Å². The number of fused-ring (bicyclic) bond motifs is 1. The lowest BCUT2D eigenvalue weighted by Crippen LogP contribution is -2.39. The van der Waals surface area contributed by atoms with E-state index in [9.17, 15) is 9.18 Å². The maximum atomic E-state index is 13.5. The van der Waals surface area contributed by atoms with E-state index in [1.54, 1.807) is 12.1 Å². The maximum absolute atomic E-state index is 13.5. The van der Waals surface area contributed by atoms with Gasteiger partial charge < -0.3 is 19.5 Å². The molecule has 6 nitrogen and oxygen atoms in total. The van der Waals surface area contributed by atoms with Gasteiger partial charge in [-0.05, 0) is 56.2 Å². The largest absolute Gasteiger partial charge is 0.378 e. The van der Waals surface area contributed by atoms with Crippen LogP contribution in [-0.2, 0) is 22.6 Å². The topological polar surface area (TPSA) is 59.4 Å². The lowest BCUT2D eigenvalue weighted by molar-refractivity contribution is -0.135. The Labute approximate surface area is 187 Å². The SMILES string of the molecule is Cc1ccc(Nc2c(-c3ccc(F)cc3)nc3n2CCN(C(=O)CC2CCCO2)C3)cc1. The molecule has 0 spiro atoms. The van der Waals surface area contributed by atoms with E-state index in [2.05, 4.69) is 28.9 Å². The fourth-order valence-corrected chi connectivity index (χ4v) is 4.38. The molecular formula is C25H27FN4O2. The number of hydrogen-bond acceptors (Lipinski definition) is 4. The Hall–Kier alpha value is -3.19. The summed E-state index contributed by atoms with van der Waals surface area (Å²) in [6.07, 6.45) is 2.45. The molecule has 0 aliphatic carbocycles. The molecule has 1 aromatic heterocycles. The van der Waals surface area contributed by atoms with E-state index in [0.29, 0.717) is 26.1 Å².